The van der Waals surface area contributed by atoms with Gasteiger partial charge in [-0.2, -0.15) is 0 Å². The number of carbonyl (C=O) groups is 1. The monoisotopic (exact) mass is 476 g/mol. The number of halogens is 2. The van der Waals surface area contributed by atoms with Crippen molar-refractivity contribution in [3.05, 3.63) is 73.9 Å². The second kappa shape index (κ2) is 9.49. The number of hydrogen-bond donors (Lipinski definition) is 1. The molecule has 2 heterocycles. The van der Waals surface area contributed by atoms with E-state index in [1.165, 1.54) is 10.4 Å². The average Bonchev–Trinajstić information content (AvgIpc) is 3.29. The molecule has 0 radical (unpaired) electrons. The molecule has 0 spiro atoms. The van der Waals surface area contributed by atoms with Crippen molar-refractivity contribution >= 4 is 46.1 Å². The lowest BCUT2D eigenvalue weighted by atomic mass is 9.91. The molecule has 3 aromatic rings. The van der Waals surface area contributed by atoms with Gasteiger partial charge < -0.3 is 14.8 Å². The first-order chi connectivity index (χ1) is 15.0. The van der Waals surface area contributed by atoms with Crippen LogP contribution in [0.3, 0.4) is 0 Å². The number of thiophene rings is 1. The Labute approximate surface area is 195 Å². The Morgan fingerprint density at radius 1 is 1.16 bits per heavy atom. The van der Waals surface area contributed by atoms with E-state index in [2.05, 4.69) is 16.3 Å². The van der Waals surface area contributed by atoms with Crippen LogP contribution in [-0.4, -0.2) is 38.1 Å². The number of rotatable bonds is 6. The molecule has 1 aliphatic heterocycles. The second-order valence-corrected chi connectivity index (χ2v) is 9.04. The van der Waals surface area contributed by atoms with Crippen LogP contribution >= 0.6 is 34.5 Å². The van der Waals surface area contributed by atoms with Crippen LogP contribution in [-0.2, 0) is 11.2 Å². The maximum atomic E-state index is 12.9. The minimum absolute atomic E-state index is 0.0517. The van der Waals surface area contributed by atoms with Gasteiger partial charge in [0, 0.05) is 16.4 Å². The Kier molecular flexibility index (Phi) is 6.72. The zero-order valence-electron chi connectivity index (χ0n) is 17.2. The molecule has 0 saturated carbocycles. The van der Waals surface area contributed by atoms with E-state index in [-0.39, 0.29) is 18.5 Å². The lowest BCUT2D eigenvalue weighted by Crippen LogP contribution is -2.41. The molecule has 0 fully saturated rings. The first kappa shape index (κ1) is 22.0. The minimum atomic E-state index is -0.144. The highest BCUT2D eigenvalue weighted by Crippen LogP contribution is 2.42. The number of amides is 1. The number of fused-ring (bicyclic) bond motifs is 1. The fourth-order valence-electron chi connectivity index (χ4n) is 3.92. The van der Waals surface area contributed by atoms with Gasteiger partial charge in [0.15, 0.2) is 11.5 Å². The van der Waals surface area contributed by atoms with Gasteiger partial charge in [0.05, 0.1) is 37.5 Å². The van der Waals surface area contributed by atoms with E-state index in [4.69, 9.17) is 32.7 Å². The molecule has 1 aromatic heterocycles. The van der Waals surface area contributed by atoms with E-state index >= 15 is 0 Å². The highest BCUT2D eigenvalue weighted by atomic mass is 35.5. The molecule has 162 valence electrons. The number of hydrogen-bond acceptors (Lipinski definition) is 5. The van der Waals surface area contributed by atoms with Crippen molar-refractivity contribution in [1.29, 1.82) is 0 Å². The van der Waals surface area contributed by atoms with Crippen LogP contribution in [0.1, 0.15) is 22.0 Å². The maximum Gasteiger partial charge on any atom is 0.238 e. The SMILES string of the molecule is COc1cc2c(cc1OC)[C@@H](c1cccs1)N(CC(=O)Nc1cc(Cl)ccc1Cl)CC2. The summed E-state index contributed by atoms with van der Waals surface area (Å²) in [5.74, 6) is 1.25. The molecular weight excluding hydrogens is 455 g/mol. The van der Waals surface area contributed by atoms with Gasteiger partial charge in [0.1, 0.15) is 0 Å². The fraction of sp³-hybridized carbons (Fsp3) is 0.261. The van der Waals surface area contributed by atoms with Gasteiger partial charge in [-0.05, 0) is 59.3 Å². The van der Waals surface area contributed by atoms with E-state index in [1.807, 2.05) is 23.6 Å². The van der Waals surface area contributed by atoms with Crippen LogP contribution in [0.15, 0.2) is 47.8 Å². The van der Waals surface area contributed by atoms with Crippen molar-refractivity contribution in [2.45, 2.75) is 12.5 Å². The molecule has 0 unspecified atom stereocenters. The Hall–Kier alpha value is -2.25. The Morgan fingerprint density at radius 3 is 2.65 bits per heavy atom. The zero-order chi connectivity index (χ0) is 22.0. The lowest BCUT2D eigenvalue weighted by molar-refractivity contribution is -0.117. The van der Waals surface area contributed by atoms with Crippen LogP contribution in [0.5, 0.6) is 11.5 Å². The molecule has 1 amide bonds. The Morgan fingerprint density at radius 2 is 1.94 bits per heavy atom. The summed E-state index contributed by atoms with van der Waals surface area (Å²) < 4.78 is 11.0. The summed E-state index contributed by atoms with van der Waals surface area (Å²) in [5, 5.41) is 5.91. The number of ether oxygens (including phenoxy) is 2. The summed E-state index contributed by atoms with van der Waals surface area (Å²) >= 11 is 13.9. The van der Waals surface area contributed by atoms with Crippen molar-refractivity contribution in [1.82, 2.24) is 4.90 Å². The molecule has 0 bridgehead atoms. The number of methoxy groups -OCH3 is 2. The van der Waals surface area contributed by atoms with Crippen molar-refractivity contribution < 1.29 is 14.3 Å². The predicted molar refractivity (Wildman–Crippen MR) is 126 cm³/mol. The summed E-state index contributed by atoms with van der Waals surface area (Å²) in [6.45, 7) is 0.959. The van der Waals surface area contributed by atoms with Gasteiger partial charge in [-0.1, -0.05) is 29.3 Å². The number of anilines is 1. The second-order valence-electron chi connectivity index (χ2n) is 7.22. The van der Waals surface area contributed by atoms with Crippen LogP contribution in [0.25, 0.3) is 0 Å². The van der Waals surface area contributed by atoms with Crippen molar-refractivity contribution in [2.75, 3.05) is 32.6 Å². The summed E-state index contributed by atoms with van der Waals surface area (Å²) in [6.07, 6.45) is 0.808. The third-order valence-electron chi connectivity index (χ3n) is 5.34. The third kappa shape index (κ3) is 4.67. The lowest BCUT2D eigenvalue weighted by Gasteiger charge is -2.37. The molecule has 0 aliphatic carbocycles. The molecule has 4 rings (SSSR count). The van der Waals surface area contributed by atoms with Gasteiger partial charge in [0.25, 0.3) is 0 Å². The van der Waals surface area contributed by atoms with Gasteiger partial charge in [-0.25, -0.2) is 0 Å². The molecule has 8 heteroatoms. The number of nitrogens with one attached hydrogen (secondary N) is 1. The zero-order valence-corrected chi connectivity index (χ0v) is 19.5. The highest BCUT2D eigenvalue weighted by Gasteiger charge is 2.32. The van der Waals surface area contributed by atoms with Crippen molar-refractivity contribution in [3.8, 4) is 11.5 Å². The summed E-state index contributed by atoms with van der Waals surface area (Å²) in [4.78, 5) is 16.2. The molecule has 1 atom stereocenters. The highest BCUT2D eigenvalue weighted by molar-refractivity contribution is 7.10. The molecule has 5 nitrogen and oxygen atoms in total. The molecule has 2 aromatic carbocycles. The minimum Gasteiger partial charge on any atom is -0.493 e. The maximum absolute atomic E-state index is 12.9. The molecule has 1 N–H and O–H groups in total. The molecular formula is C23H22Cl2N2O3S. The summed E-state index contributed by atoms with van der Waals surface area (Å²) in [7, 11) is 3.27. The summed E-state index contributed by atoms with van der Waals surface area (Å²) in [6, 6.07) is 13.2. The Bertz CT molecular complexity index is 1090. The Balaban J connectivity index is 1.63. The van der Waals surface area contributed by atoms with Crippen LogP contribution in [0.4, 0.5) is 5.69 Å². The fourth-order valence-corrected chi connectivity index (χ4v) is 5.13. The third-order valence-corrected chi connectivity index (χ3v) is 6.82. The van der Waals surface area contributed by atoms with Crippen LogP contribution in [0.2, 0.25) is 10.0 Å². The predicted octanol–water partition coefficient (Wildman–Crippen LogP) is 5.66. The van der Waals surface area contributed by atoms with E-state index in [0.29, 0.717) is 27.2 Å². The average molecular weight is 477 g/mol. The quantitative estimate of drug-likeness (QED) is 0.498. The van der Waals surface area contributed by atoms with Gasteiger partial charge in [-0.15, -0.1) is 11.3 Å². The number of carbonyl (C=O) groups excluding carboxylic acids is 1. The normalized spacial score (nSPS) is 15.9. The van der Waals surface area contributed by atoms with Gasteiger partial charge in [-0.3, -0.25) is 9.69 Å². The van der Waals surface area contributed by atoms with E-state index in [1.54, 1.807) is 43.8 Å². The van der Waals surface area contributed by atoms with Crippen molar-refractivity contribution in [3.63, 3.8) is 0 Å². The van der Waals surface area contributed by atoms with E-state index in [9.17, 15) is 4.79 Å². The largest absolute Gasteiger partial charge is 0.493 e. The summed E-state index contributed by atoms with van der Waals surface area (Å²) in [5.41, 5.74) is 2.83. The van der Waals surface area contributed by atoms with E-state index < -0.39 is 0 Å². The first-order valence-electron chi connectivity index (χ1n) is 9.77. The molecule has 0 saturated heterocycles. The smallest absolute Gasteiger partial charge is 0.238 e. The van der Waals surface area contributed by atoms with Crippen LogP contribution in [0, 0.1) is 0 Å². The van der Waals surface area contributed by atoms with Crippen LogP contribution < -0.4 is 14.8 Å². The molecule has 1 aliphatic rings. The van der Waals surface area contributed by atoms with Crippen molar-refractivity contribution in [2.24, 2.45) is 0 Å². The molecule has 31 heavy (non-hydrogen) atoms. The standard InChI is InChI=1S/C23H22Cl2N2O3S/c1-29-19-10-14-7-8-27(13-22(28)26-18-11-15(24)5-6-17(18)25)23(21-4-3-9-31-21)16(14)12-20(19)30-2/h3-6,9-12,23H,7-8,13H2,1-2H3,(H,26,28)/t23-/m0/s1. The topological polar surface area (TPSA) is 50.8 Å². The van der Waals surface area contributed by atoms with Gasteiger partial charge >= 0.3 is 0 Å². The van der Waals surface area contributed by atoms with Gasteiger partial charge in [0.2, 0.25) is 5.91 Å². The van der Waals surface area contributed by atoms with E-state index in [0.717, 1.165) is 18.5 Å². The number of nitrogens with zero attached hydrogens (tertiary/aromatic N) is 1. The number of benzene rings is 2. The first-order valence-corrected chi connectivity index (χ1v) is 11.4.